The predicted octanol–water partition coefficient (Wildman–Crippen LogP) is 4.54. The second-order valence-corrected chi connectivity index (χ2v) is 3.83. The molecule has 2 rings (SSSR count). The lowest BCUT2D eigenvalue weighted by molar-refractivity contribution is 0.102. The molecule has 0 fully saturated rings. The van der Waals surface area contributed by atoms with Crippen molar-refractivity contribution in [3.63, 3.8) is 0 Å². The van der Waals surface area contributed by atoms with Gasteiger partial charge in [-0.25, -0.2) is 0 Å². The highest BCUT2D eigenvalue weighted by Crippen LogP contribution is 2.08. The van der Waals surface area contributed by atoms with Crippen molar-refractivity contribution < 1.29 is 8.93 Å². The Morgan fingerprint density at radius 3 is 2.50 bits per heavy atom. The Hall–Kier alpha value is -0.880. The molecule has 0 aliphatic heterocycles. The van der Waals surface area contributed by atoms with Gasteiger partial charge in [0.25, 0.3) is 0 Å². The van der Waals surface area contributed by atoms with Gasteiger partial charge in [0.2, 0.25) is 0 Å². The minimum atomic E-state index is 0.329. The van der Waals surface area contributed by atoms with Crippen LogP contribution in [0.3, 0.4) is 0 Å². The summed E-state index contributed by atoms with van der Waals surface area (Å²) in [5, 5.41) is 0. The van der Waals surface area contributed by atoms with Crippen LogP contribution in [0.5, 0.6) is 0 Å². The fourth-order valence-corrected chi connectivity index (χ4v) is 1.55. The van der Waals surface area contributed by atoms with Crippen LogP contribution in [0, 0.1) is 0 Å². The highest BCUT2D eigenvalue weighted by Gasteiger charge is 1.88. The second-order valence-electron chi connectivity index (χ2n) is 3.09. The van der Waals surface area contributed by atoms with Crippen LogP contribution >= 0.6 is 8.43 Å². The topological polar surface area (TPSA) is 26.3 Å². The summed E-state index contributed by atoms with van der Waals surface area (Å²) in [6.45, 7) is 0. The van der Waals surface area contributed by atoms with Crippen molar-refractivity contribution in [2.24, 2.45) is 0 Å². The molecule has 0 bridgehead atoms. The summed E-state index contributed by atoms with van der Waals surface area (Å²) >= 11 is 0. The van der Waals surface area contributed by atoms with Crippen LogP contribution in [0.25, 0.3) is 0 Å². The average molecular weight is 212 g/mol. The van der Waals surface area contributed by atoms with E-state index >= 15 is 0 Å². The minimum absolute atomic E-state index is 0.329. The van der Waals surface area contributed by atoms with E-state index in [1.54, 1.807) is 6.07 Å². The first-order valence-corrected chi connectivity index (χ1v) is 6.03. The molecule has 14 heavy (non-hydrogen) atoms. The molecule has 1 atom stereocenters. The van der Waals surface area contributed by atoms with E-state index in [0.29, 0.717) is 8.43 Å². The first kappa shape index (κ1) is 11.2. The normalized spacial score (nSPS) is 15.4. The molecule has 0 saturated carbocycles. The fourth-order valence-electron chi connectivity index (χ4n) is 1.19. The number of hydrogen-bond acceptors (Lipinski definition) is 2. The molecule has 0 saturated heterocycles. The standard InChI is InChI=1S/C7H12.C4H5O2P/c1-2-4-6-7-5-3-1;1-2-4-7-6-5-3-1/h1-2H,3-7H2;1-4,7H. The molecule has 1 aromatic heterocycles. The van der Waals surface area contributed by atoms with Gasteiger partial charge in [-0.15, -0.1) is 0 Å². The summed E-state index contributed by atoms with van der Waals surface area (Å²) in [6.07, 6.45) is 13.0. The van der Waals surface area contributed by atoms with Crippen molar-refractivity contribution in [1.29, 1.82) is 0 Å². The average Bonchev–Trinajstić information content (AvgIpc) is 2.68. The van der Waals surface area contributed by atoms with Gasteiger partial charge in [-0.05, 0) is 37.5 Å². The first-order chi connectivity index (χ1) is 7.00. The maximum absolute atomic E-state index is 4.55. The molecule has 1 aliphatic rings. The maximum atomic E-state index is 4.55. The summed E-state index contributed by atoms with van der Waals surface area (Å²) < 4.78 is 9.01. The Kier molecular flexibility index (Phi) is 6.96. The third kappa shape index (κ3) is 6.62. The van der Waals surface area contributed by atoms with Gasteiger partial charge in [-0.2, -0.15) is 0 Å². The van der Waals surface area contributed by atoms with Gasteiger partial charge in [0, 0.05) is 0 Å². The number of hydrogen-bond donors (Lipinski definition) is 0. The van der Waals surface area contributed by atoms with Gasteiger partial charge in [0.15, 0.2) is 0 Å². The van der Waals surface area contributed by atoms with Crippen molar-refractivity contribution in [2.75, 3.05) is 0 Å². The van der Waals surface area contributed by atoms with E-state index in [9.17, 15) is 0 Å². The highest BCUT2D eigenvalue weighted by molar-refractivity contribution is 7.21. The Bertz CT molecular complexity index is 209. The van der Waals surface area contributed by atoms with Gasteiger partial charge < -0.3 is 0 Å². The first-order valence-electron chi connectivity index (χ1n) is 5.04. The van der Waals surface area contributed by atoms with Crippen molar-refractivity contribution in [1.82, 2.24) is 0 Å². The van der Waals surface area contributed by atoms with Gasteiger partial charge in [0.1, 0.15) is 6.26 Å². The Labute approximate surface area is 86.4 Å². The smallest absolute Gasteiger partial charge is 0.143 e. The highest BCUT2D eigenvalue weighted by atomic mass is 31.1. The fraction of sp³-hybridized carbons (Fsp3) is 0.455. The second kappa shape index (κ2) is 8.71. The largest absolute Gasteiger partial charge is 0.296 e. The van der Waals surface area contributed by atoms with E-state index in [4.69, 9.17) is 0 Å². The Balaban J connectivity index is 0.000000140. The lowest BCUT2D eigenvalue weighted by Crippen LogP contribution is -1.67. The van der Waals surface area contributed by atoms with E-state index in [1.165, 1.54) is 38.4 Å². The van der Waals surface area contributed by atoms with Crippen molar-refractivity contribution in [3.05, 3.63) is 36.3 Å². The molecule has 1 heterocycles. The molecular formula is C11H17O2P. The quantitative estimate of drug-likeness (QED) is 0.466. The molecule has 1 unspecified atom stereocenters. The Morgan fingerprint density at radius 2 is 1.71 bits per heavy atom. The van der Waals surface area contributed by atoms with Crippen LogP contribution in [-0.2, 0) is 0 Å². The zero-order valence-electron chi connectivity index (χ0n) is 8.32. The maximum Gasteiger partial charge on any atom is 0.143 e. The molecule has 0 spiro atoms. The lowest BCUT2D eigenvalue weighted by atomic mass is 10.2. The molecule has 0 N–H and O–H groups in total. The third-order valence-electron chi connectivity index (χ3n) is 1.91. The van der Waals surface area contributed by atoms with Gasteiger partial charge in [0.05, 0.1) is 8.43 Å². The predicted molar refractivity (Wildman–Crippen MR) is 60.3 cm³/mol. The molecule has 2 nitrogen and oxygen atoms in total. The number of rotatable bonds is 0. The van der Waals surface area contributed by atoms with Gasteiger partial charge in [-0.1, -0.05) is 24.6 Å². The summed E-state index contributed by atoms with van der Waals surface area (Å²) in [7, 11) is 0.329. The number of allylic oxidation sites excluding steroid dienone is 2. The summed E-state index contributed by atoms with van der Waals surface area (Å²) in [5.41, 5.74) is 0. The summed E-state index contributed by atoms with van der Waals surface area (Å²) in [6, 6.07) is 3.66. The van der Waals surface area contributed by atoms with E-state index in [-0.39, 0.29) is 0 Å². The van der Waals surface area contributed by atoms with E-state index in [2.05, 4.69) is 21.1 Å². The SMILES string of the molecule is C1=CCCCCC1.c1cc[pH]ooc1. The minimum Gasteiger partial charge on any atom is -0.296 e. The van der Waals surface area contributed by atoms with Crippen molar-refractivity contribution in [2.45, 2.75) is 32.1 Å². The van der Waals surface area contributed by atoms with Crippen LogP contribution in [0.4, 0.5) is 0 Å². The van der Waals surface area contributed by atoms with Crippen LogP contribution in [-0.4, -0.2) is 0 Å². The molecule has 1 aliphatic carbocycles. The molecule has 3 heteroatoms. The van der Waals surface area contributed by atoms with Crippen LogP contribution in [0.2, 0.25) is 0 Å². The van der Waals surface area contributed by atoms with Gasteiger partial charge >= 0.3 is 0 Å². The van der Waals surface area contributed by atoms with Crippen LogP contribution in [0.1, 0.15) is 32.1 Å². The molecule has 0 aromatic carbocycles. The summed E-state index contributed by atoms with van der Waals surface area (Å²) in [5.74, 6) is 1.89. The van der Waals surface area contributed by atoms with E-state index < -0.39 is 0 Å². The van der Waals surface area contributed by atoms with Crippen molar-refractivity contribution >= 4 is 8.43 Å². The van der Waals surface area contributed by atoms with E-state index in [0.717, 1.165) is 0 Å². The van der Waals surface area contributed by atoms with Crippen LogP contribution in [0.15, 0.2) is 45.3 Å². The molecule has 0 amide bonds. The zero-order valence-corrected chi connectivity index (χ0v) is 9.32. The zero-order chi connectivity index (χ0) is 9.90. The van der Waals surface area contributed by atoms with E-state index in [1.807, 2.05) is 11.9 Å². The van der Waals surface area contributed by atoms with Crippen molar-refractivity contribution in [3.8, 4) is 0 Å². The summed E-state index contributed by atoms with van der Waals surface area (Å²) in [4.78, 5) is 0. The lowest BCUT2D eigenvalue weighted by Gasteiger charge is -1.86. The molecule has 0 radical (unpaired) electrons. The van der Waals surface area contributed by atoms with Gasteiger partial charge in [-0.3, -0.25) is 8.93 Å². The third-order valence-corrected chi connectivity index (χ3v) is 2.43. The molecule has 1 aromatic rings. The Morgan fingerprint density at radius 1 is 0.929 bits per heavy atom. The molecule has 78 valence electrons. The van der Waals surface area contributed by atoms with Crippen LogP contribution < -0.4 is 0 Å². The molecular weight excluding hydrogens is 195 g/mol. The monoisotopic (exact) mass is 212 g/mol.